The molecule has 0 amide bonds. The van der Waals surface area contributed by atoms with Crippen LogP contribution in [0.3, 0.4) is 0 Å². The highest BCUT2D eigenvalue weighted by molar-refractivity contribution is 5.33. The largest absolute Gasteiger partial charge is 0.493 e. The molecule has 1 heterocycles. The van der Waals surface area contributed by atoms with Gasteiger partial charge in [-0.05, 0) is 30.5 Å². The molecule has 25 heavy (non-hydrogen) atoms. The van der Waals surface area contributed by atoms with Gasteiger partial charge >= 0.3 is 0 Å². The highest BCUT2D eigenvalue weighted by atomic mass is 16.5. The van der Waals surface area contributed by atoms with Gasteiger partial charge in [0.15, 0.2) is 0 Å². The molecule has 0 N–H and O–H groups in total. The van der Waals surface area contributed by atoms with Crippen molar-refractivity contribution in [2.24, 2.45) is 0 Å². The lowest BCUT2D eigenvalue weighted by atomic mass is 9.91. The first-order valence-corrected chi connectivity index (χ1v) is 8.82. The lowest BCUT2D eigenvalue weighted by Gasteiger charge is -2.35. The molecule has 1 saturated heterocycles. The molecule has 2 aromatic rings. The molecule has 134 valence electrons. The summed E-state index contributed by atoms with van der Waals surface area (Å²) in [7, 11) is 1.78. The standard InChI is InChI=1S/C21H26O4/c1-22-21(10-13-23-14-11-21)12-15-24-19-8-5-9-20(16-19)25-17-18-6-3-2-4-7-18/h2-9,16H,10-15,17H2,1H3. The third-order valence-electron chi connectivity index (χ3n) is 4.72. The Balaban J connectivity index is 1.49. The van der Waals surface area contributed by atoms with Crippen LogP contribution in [0.25, 0.3) is 0 Å². The van der Waals surface area contributed by atoms with E-state index in [0.717, 1.165) is 49.5 Å². The smallest absolute Gasteiger partial charge is 0.123 e. The first-order valence-electron chi connectivity index (χ1n) is 8.82. The summed E-state index contributed by atoms with van der Waals surface area (Å²) in [5.74, 6) is 1.64. The zero-order chi connectivity index (χ0) is 17.4. The summed E-state index contributed by atoms with van der Waals surface area (Å²) >= 11 is 0. The summed E-state index contributed by atoms with van der Waals surface area (Å²) in [5, 5.41) is 0. The quantitative estimate of drug-likeness (QED) is 0.719. The van der Waals surface area contributed by atoms with Crippen LogP contribution in [-0.4, -0.2) is 32.5 Å². The van der Waals surface area contributed by atoms with Gasteiger partial charge in [-0.3, -0.25) is 0 Å². The van der Waals surface area contributed by atoms with Crippen molar-refractivity contribution in [3.63, 3.8) is 0 Å². The Hall–Kier alpha value is -2.04. The van der Waals surface area contributed by atoms with E-state index < -0.39 is 0 Å². The van der Waals surface area contributed by atoms with Crippen LogP contribution in [-0.2, 0) is 16.1 Å². The number of ether oxygens (including phenoxy) is 4. The van der Waals surface area contributed by atoms with E-state index in [1.165, 1.54) is 0 Å². The summed E-state index contributed by atoms with van der Waals surface area (Å²) < 4.78 is 23.0. The molecule has 1 fully saturated rings. The van der Waals surface area contributed by atoms with Crippen molar-refractivity contribution in [2.75, 3.05) is 26.9 Å². The van der Waals surface area contributed by atoms with Gasteiger partial charge in [0.1, 0.15) is 18.1 Å². The summed E-state index contributed by atoms with van der Waals surface area (Å²) in [6, 6.07) is 17.9. The topological polar surface area (TPSA) is 36.9 Å². The highest BCUT2D eigenvalue weighted by Gasteiger charge is 2.32. The Labute approximate surface area is 149 Å². The number of rotatable bonds is 8. The molecule has 0 radical (unpaired) electrons. The van der Waals surface area contributed by atoms with Gasteiger partial charge in [-0.15, -0.1) is 0 Å². The Morgan fingerprint density at radius 1 is 0.920 bits per heavy atom. The van der Waals surface area contributed by atoms with Crippen LogP contribution < -0.4 is 9.47 Å². The predicted octanol–water partition coefficient (Wildman–Crippen LogP) is 4.23. The van der Waals surface area contributed by atoms with Crippen LogP contribution in [0.5, 0.6) is 11.5 Å². The van der Waals surface area contributed by atoms with Gasteiger partial charge in [-0.2, -0.15) is 0 Å². The van der Waals surface area contributed by atoms with Gasteiger partial charge < -0.3 is 18.9 Å². The molecule has 0 unspecified atom stereocenters. The van der Waals surface area contributed by atoms with Crippen LogP contribution in [0.1, 0.15) is 24.8 Å². The van der Waals surface area contributed by atoms with Crippen LogP contribution in [0.15, 0.2) is 54.6 Å². The number of methoxy groups -OCH3 is 1. The molecular weight excluding hydrogens is 316 g/mol. The molecule has 1 aliphatic rings. The maximum atomic E-state index is 5.93. The normalized spacial score (nSPS) is 16.4. The lowest BCUT2D eigenvalue weighted by Crippen LogP contribution is -2.39. The average Bonchev–Trinajstić information content (AvgIpc) is 2.68. The highest BCUT2D eigenvalue weighted by Crippen LogP contribution is 2.29. The van der Waals surface area contributed by atoms with E-state index >= 15 is 0 Å². The summed E-state index contributed by atoms with van der Waals surface area (Å²) in [6.07, 6.45) is 2.71. The molecule has 0 aromatic heterocycles. The van der Waals surface area contributed by atoms with E-state index in [9.17, 15) is 0 Å². The Morgan fingerprint density at radius 2 is 1.64 bits per heavy atom. The molecule has 1 aliphatic heterocycles. The van der Waals surface area contributed by atoms with Crippen molar-refractivity contribution in [3.8, 4) is 11.5 Å². The molecule has 4 nitrogen and oxygen atoms in total. The minimum Gasteiger partial charge on any atom is -0.493 e. The first-order chi connectivity index (χ1) is 12.3. The van der Waals surface area contributed by atoms with Crippen LogP contribution in [0, 0.1) is 0 Å². The zero-order valence-electron chi connectivity index (χ0n) is 14.8. The SMILES string of the molecule is COC1(CCOc2cccc(OCc3ccccc3)c2)CCOCC1. The Kier molecular flexibility index (Phi) is 6.31. The molecule has 0 atom stereocenters. The molecule has 4 heteroatoms. The predicted molar refractivity (Wildman–Crippen MR) is 97.1 cm³/mol. The van der Waals surface area contributed by atoms with Gasteiger partial charge in [0.2, 0.25) is 0 Å². The molecular formula is C21H26O4. The Morgan fingerprint density at radius 3 is 2.36 bits per heavy atom. The van der Waals surface area contributed by atoms with Gasteiger partial charge in [-0.1, -0.05) is 36.4 Å². The van der Waals surface area contributed by atoms with Crippen molar-refractivity contribution < 1.29 is 18.9 Å². The van der Waals surface area contributed by atoms with E-state index in [-0.39, 0.29) is 5.60 Å². The van der Waals surface area contributed by atoms with Crippen molar-refractivity contribution in [3.05, 3.63) is 60.2 Å². The monoisotopic (exact) mass is 342 g/mol. The summed E-state index contributed by atoms with van der Waals surface area (Å²) in [5.41, 5.74) is 1.04. The molecule has 3 rings (SSSR count). The summed E-state index contributed by atoms with van der Waals surface area (Å²) in [4.78, 5) is 0. The fourth-order valence-electron chi connectivity index (χ4n) is 3.05. The maximum absolute atomic E-state index is 5.93. The lowest BCUT2D eigenvalue weighted by molar-refractivity contribution is -0.0983. The second-order valence-electron chi connectivity index (χ2n) is 6.35. The van der Waals surface area contributed by atoms with Crippen molar-refractivity contribution in [1.82, 2.24) is 0 Å². The molecule has 2 aromatic carbocycles. The third kappa shape index (κ3) is 5.21. The second kappa shape index (κ2) is 8.88. The maximum Gasteiger partial charge on any atom is 0.123 e. The van der Waals surface area contributed by atoms with Crippen LogP contribution in [0.4, 0.5) is 0 Å². The third-order valence-corrected chi connectivity index (χ3v) is 4.72. The number of benzene rings is 2. The first kappa shape index (κ1) is 17.8. The van der Waals surface area contributed by atoms with Gasteiger partial charge in [0, 0.05) is 32.8 Å². The average molecular weight is 342 g/mol. The number of hydrogen-bond donors (Lipinski definition) is 0. The molecule has 0 saturated carbocycles. The minimum absolute atomic E-state index is 0.111. The van der Waals surface area contributed by atoms with Crippen molar-refractivity contribution in [1.29, 1.82) is 0 Å². The fraction of sp³-hybridized carbons (Fsp3) is 0.429. The molecule has 0 spiro atoms. The van der Waals surface area contributed by atoms with Gasteiger partial charge in [0.05, 0.1) is 12.2 Å². The van der Waals surface area contributed by atoms with Gasteiger partial charge in [-0.25, -0.2) is 0 Å². The number of hydrogen-bond acceptors (Lipinski definition) is 4. The van der Waals surface area contributed by atoms with Crippen molar-refractivity contribution >= 4 is 0 Å². The fourth-order valence-corrected chi connectivity index (χ4v) is 3.05. The van der Waals surface area contributed by atoms with Crippen molar-refractivity contribution in [2.45, 2.75) is 31.5 Å². The van der Waals surface area contributed by atoms with E-state index in [2.05, 4.69) is 12.1 Å². The Bertz CT molecular complexity index is 635. The van der Waals surface area contributed by atoms with E-state index in [1.54, 1.807) is 7.11 Å². The van der Waals surface area contributed by atoms with E-state index in [4.69, 9.17) is 18.9 Å². The molecule has 0 bridgehead atoms. The van der Waals surface area contributed by atoms with E-state index in [1.807, 2.05) is 42.5 Å². The van der Waals surface area contributed by atoms with Gasteiger partial charge in [0.25, 0.3) is 0 Å². The van der Waals surface area contributed by atoms with Crippen LogP contribution in [0.2, 0.25) is 0 Å². The molecule has 0 aliphatic carbocycles. The summed E-state index contributed by atoms with van der Waals surface area (Å²) in [6.45, 7) is 2.69. The minimum atomic E-state index is -0.111. The van der Waals surface area contributed by atoms with E-state index in [0.29, 0.717) is 13.2 Å². The second-order valence-corrected chi connectivity index (χ2v) is 6.35. The zero-order valence-corrected chi connectivity index (χ0v) is 14.8. The van der Waals surface area contributed by atoms with Crippen LogP contribution >= 0.6 is 0 Å².